The topological polar surface area (TPSA) is 13.1 Å². The fourth-order valence-corrected chi connectivity index (χ4v) is 12.1. The van der Waals surface area contributed by atoms with E-state index in [4.69, 9.17) is 11.3 Å². The van der Waals surface area contributed by atoms with Crippen LogP contribution in [0.1, 0.15) is 6.85 Å². The third kappa shape index (κ3) is 7.55. The van der Waals surface area contributed by atoms with Gasteiger partial charge in [-0.1, -0.05) is 255 Å². The predicted octanol–water partition coefficient (Wildman–Crippen LogP) is 21.7. The Balaban J connectivity index is 0.000000141. The molecule has 0 fully saturated rings. The van der Waals surface area contributed by atoms with E-state index in [0.29, 0.717) is 5.56 Å². The van der Waals surface area contributed by atoms with E-state index in [1.807, 2.05) is 72.8 Å². The Morgan fingerprint density at radius 3 is 1.17 bits per heavy atom. The van der Waals surface area contributed by atoms with Crippen LogP contribution in [0.4, 0.5) is 0 Å². The number of furan rings is 1. The minimum atomic E-state index is -0.398. The molecule has 0 aliphatic carbocycles. The molecule has 0 aliphatic heterocycles. The molecule has 0 aliphatic rings. The molecule has 0 unspecified atom stereocenters. The average molecular weight is 982 g/mol. The molecule has 1 aromatic heterocycles. The number of benzene rings is 15. The van der Waals surface area contributed by atoms with E-state index >= 15 is 0 Å². The van der Waals surface area contributed by atoms with E-state index in [9.17, 15) is 0 Å². The quantitative estimate of drug-likeness (QED) is 0.157. The van der Waals surface area contributed by atoms with Crippen LogP contribution in [0.5, 0.6) is 0 Å². The van der Waals surface area contributed by atoms with Crippen molar-refractivity contribution < 1.29 is 11.3 Å². The first-order valence-corrected chi connectivity index (χ1v) is 26.1. The summed E-state index contributed by atoms with van der Waals surface area (Å²) < 4.78 is 48.9. The Hall–Kier alpha value is -10.1. The van der Waals surface area contributed by atoms with Gasteiger partial charge in [-0.3, -0.25) is 0 Å². The van der Waals surface area contributed by atoms with E-state index in [1.165, 1.54) is 76.5 Å². The first kappa shape index (κ1) is 39.4. The van der Waals surface area contributed by atoms with Gasteiger partial charge in [-0.25, -0.2) is 0 Å². The van der Waals surface area contributed by atoms with Crippen LogP contribution >= 0.6 is 0 Å². The largest absolute Gasteiger partial charge is 0.456 e. The van der Waals surface area contributed by atoms with Crippen molar-refractivity contribution in [1.82, 2.24) is 0 Å². The van der Waals surface area contributed by atoms with Gasteiger partial charge in [0.15, 0.2) is 0 Å². The summed E-state index contributed by atoms with van der Waals surface area (Å²) in [5.74, 6) is 0. The minimum Gasteiger partial charge on any atom is -0.456 e. The van der Waals surface area contributed by atoms with E-state index < -0.39 is 6.04 Å². The Morgan fingerprint density at radius 2 is 0.623 bits per heavy atom. The molecule has 16 aromatic rings. The number of fused-ring (bicyclic) bond motifs is 10. The van der Waals surface area contributed by atoms with Gasteiger partial charge in [-0.15, -0.1) is 0 Å². The predicted molar refractivity (Wildman–Crippen MR) is 330 cm³/mol. The molecular formula is C76H48O. The molecule has 16 rings (SSSR count). The van der Waals surface area contributed by atoms with Crippen LogP contribution in [0.3, 0.4) is 0 Å². The van der Waals surface area contributed by atoms with Crippen molar-refractivity contribution in [2.45, 2.75) is 0 Å². The zero-order chi connectivity index (χ0) is 55.2. The first-order valence-electron chi connectivity index (χ1n) is 28.6. The summed E-state index contributed by atoms with van der Waals surface area (Å²) in [6.45, 7) is 0. The maximum Gasteiger partial charge on any atom is 0.136 e. The summed E-state index contributed by atoms with van der Waals surface area (Å²) in [5, 5.41) is 18.0. The molecule has 1 heterocycles. The summed E-state index contributed by atoms with van der Waals surface area (Å²) in [6.07, 6.45) is 0. The van der Waals surface area contributed by atoms with E-state index in [0.717, 1.165) is 65.4 Å². The van der Waals surface area contributed by atoms with Gasteiger partial charge in [0.1, 0.15) is 11.2 Å². The van der Waals surface area contributed by atoms with E-state index in [2.05, 4.69) is 188 Å². The molecular weight excluding hydrogens is 929 g/mol. The fourth-order valence-electron chi connectivity index (χ4n) is 12.1. The molecule has 0 radical (unpaired) electrons. The van der Waals surface area contributed by atoms with Crippen molar-refractivity contribution >= 4 is 97.3 Å². The summed E-state index contributed by atoms with van der Waals surface area (Å²) in [5.41, 5.74) is 12.0. The van der Waals surface area contributed by atoms with Crippen LogP contribution < -0.4 is 0 Å². The lowest BCUT2D eigenvalue weighted by Gasteiger charge is -2.18. The van der Waals surface area contributed by atoms with Crippen LogP contribution in [0.2, 0.25) is 0 Å². The van der Waals surface area contributed by atoms with Gasteiger partial charge in [0.2, 0.25) is 0 Å². The minimum absolute atomic E-state index is 0.207. The maximum absolute atomic E-state index is 8.80. The molecule has 0 atom stereocenters. The van der Waals surface area contributed by atoms with Crippen molar-refractivity contribution in [2.75, 3.05) is 0 Å². The number of hydrogen-bond acceptors (Lipinski definition) is 1. The zero-order valence-electron chi connectivity index (χ0n) is 46.7. The van der Waals surface area contributed by atoms with Gasteiger partial charge in [0.25, 0.3) is 0 Å². The second-order valence-electron chi connectivity index (χ2n) is 19.9. The van der Waals surface area contributed by atoms with Gasteiger partial charge in [-0.05, 0) is 167 Å². The molecule has 0 amide bonds. The van der Waals surface area contributed by atoms with Crippen LogP contribution in [-0.2, 0) is 0 Å². The molecule has 0 spiro atoms. The lowest BCUT2D eigenvalue weighted by molar-refractivity contribution is 0.669. The molecule has 358 valence electrons. The van der Waals surface area contributed by atoms with Gasteiger partial charge in [-0.2, -0.15) is 0 Å². The van der Waals surface area contributed by atoms with Crippen LogP contribution in [0, 0.1) is 0 Å². The van der Waals surface area contributed by atoms with Crippen molar-refractivity contribution in [3.8, 4) is 55.6 Å². The van der Waals surface area contributed by atoms with Gasteiger partial charge >= 0.3 is 0 Å². The molecule has 0 bridgehead atoms. The highest BCUT2D eigenvalue weighted by molar-refractivity contribution is 6.26. The molecule has 1 nitrogen and oxygen atoms in total. The van der Waals surface area contributed by atoms with Crippen molar-refractivity contribution in [3.63, 3.8) is 0 Å². The Bertz CT molecular complexity index is 5160. The Labute approximate surface area is 453 Å². The summed E-state index contributed by atoms with van der Waals surface area (Å²) in [7, 11) is 0. The fraction of sp³-hybridized carbons (Fsp3) is 0. The highest BCUT2D eigenvalue weighted by atomic mass is 16.3. The molecule has 0 saturated carbocycles. The monoisotopic (exact) mass is 981 g/mol. The smallest absolute Gasteiger partial charge is 0.136 e. The van der Waals surface area contributed by atoms with Gasteiger partial charge < -0.3 is 4.42 Å². The summed E-state index contributed by atoms with van der Waals surface area (Å²) in [6, 6.07) is 90.6. The third-order valence-corrected chi connectivity index (χ3v) is 15.5. The summed E-state index contributed by atoms with van der Waals surface area (Å²) >= 11 is 0. The first-order chi connectivity index (χ1) is 40.3. The molecule has 15 aromatic carbocycles. The second kappa shape index (κ2) is 18.4. The zero-order valence-corrected chi connectivity index (χ0v) is 41.7. The Morgan fingerprint density at radius 1 is 0.234 bits per heavy atom. The highest BCUT2D eigenvalue weighted by Gasteiger charge is 2.21. The maximum atomic E-state index is 8.80. The van der Waals surface area contributed by atoms with Crippen molar-refractivity contribution in [1.29, 1.82) is 0 Å². The van der Waals surface area contributed by atoms with Crippen LogP contribution in [-0.4, -0.2) is 0 Å². The normalized spacial score (nSPS) is 12.5. The van der Waals surface area contributed by atoms with Gasteiger partial charge in [0, 0.05) is 10.8 Å². The average Bonchev–Trinajstić information content (AvgIpc) is 2.37. The lowest BCUT2D eigenvalue weighted by atomic mass is 9.85. The van der Waals surface area contributed by atoms with E-state index in [1.54, 1.807) is 0 Å². The molecule has 1 heteroatoms. The van der Waals surface area contributed by atoms with Crippen molar-refractivity contribution in [3.05, 3.63) is 291 Å². The number of hydrogen-bond donors (Lipinski definition) is 0. The van der Waals surface area contributed by atoms with Crippen molar-refractivity contribution in [2.24, 2.45) is 0 Å². The Kier molecular flexibility index (Phi) is 9.41. The standard InChI is InChI=1S/C40H26.C36H22O/c1-3-12-29-24-32(22-20-27(29)10-1)31-14-9-15-33(26-31)39-35-16-5-7-18-37(35)40(38-19-8-6-17-36(38)39)34-23-21-28-11-2-4-13-30(28)25-34;1-2-11-23(12-3-1)34-26-15-6-8-17-28(26)35(29-18-9-7-16-27(29)34)30-19-10-20-32-36(30)31-21-24-13-4-5-14-25(24)22-33(31)37-32/h1-26H;1-22H/i;1D,2D,3D,11D,12D. The van der Waals surface area contributed by atoms with Crippen LogP contribution in [0.15, 0.2) is 295 Å². The number of rotatable bonds is 5. The molecule has 0 N–H and O–H groups in total. The van der Waals surface area contributed by atoms with Gasteiger partial charge in [0.05, 0.1) is 6.85 Å². The molecule has 77 heavy (non-hydrogen) atoms. The van der Waals surface area contributed by atoms with Crippen LogP contribution in [0.25, 0.3) is 153 Å². The lowest BCUT2D eigenvalue weighted by Crippen LogP contribution is -1.91. The third-order valence-electron chi connectivity index (χ3n) is 15.5. The SMILES string of the molecule is [2H]c1c([2H])c([2H])c(-c2c3ccccc3c(-c3cccc4oc5cc6ccccc6cc5c34)c3ccccc23)c([2H])c1[2H].c1cc(-c2ccc3ccccc3c2)cc(-c2c3ccccc3c(-c3ccc4ccccc4c3)c3ccccc23)c1. The summed E-state index contributed by atoms with van der Waals surface area (Å²) in [4.78, 5) is 0. The second-order valence-corrected chi connectivity index (χ2v) is 19.9. The highest BCUT2D eigenvalue weighted by Crippen LogP contribution is 2.48. The van der Waals surface area contributed by atoms with E-state index in [-0.39, 0.29) is 29.7 Å². The molecule has 0 saturated heterocycles.